The highest BCUT2D eigenvalue weighted by molar-refractivity contribution is 5.31. The molecule has 0 amide bonds. The van der Waals surface area contributed by atoms with E-state index in [9.17, 15) is 8.78 Å². The molecule has 0 bridgehead atoms. The Labute approximate surface area is 87.7 Å². The molecular weight excluding hydrogens is 198 g/mol. The maximum absolute atomic E-state index is 13.4. The number of halogens is 2. The summed E-state index contributed by atoms with van der Waals surface area (Å²) in [7, 11) is 0. The van der Waals surface area contributed by atoms with E-state index in [1.54, 1.807) is 6.20 Å². The standard InChI is InChI=1S/C11H14F2N2/c1-7(2)8-3-9-4-14-6-11(12,13)10(9)15-5-8/h3,5,7,14H,4,6H2,1-2H3. The first kappa shape index (κ1) is 10.5. The molecule has 15 heavy (non-hydrogen) atoms. The molecule has 2 nitrogen and oxygen atoms in total. The molecule has 1 aliphatic rings. The van der Waals surface area contributed by atoms with E-state index in [0.717, 1.165) is 5.56 Å². The van der Waals surface area contributed by atoms with E-state index >= 15 is 0 Å². The third kappa shape index (κ3) is 1.86. The smallest absolute Gasteiger partial charge is 0.302 e. The lowest BCUT2D eigenvalue weighted by Gasteiger charge is -2.25. The van der Waals surface area contributed by atoms with E-state index in [4.69, 9.17) is 0 Å². The Morgan fingerprint density at radius 3 is 2.87 bits per heavy atom. The molecule has 0 atom stereocenters. The van der Waals surface area contributed by atoms with E-state index in [0.29, 0.717) is 18.0 Å². The molecule has 0 unspecified atom stereocenters. The summed E-state index contributed by atoms with van der Waals surface area (Å²) in [5.41, 5.74) is 1.57. The number of nitrogens with one attached hydrogen (secondary N) is 1. The fourth-order valence-corrected chi connectivity index (χ4v) is 1.75. The van der Waals surface area contributed by atoms with Gasteiger partial charge in [-0.15, -0.1) is 0 Å². The first-order chi connectivity index (χ1) is 7.00. The molecule has 0 saturated carbocycles. The van der Waals surface area contributed by atoms with Crippen LogP contribution >= 0.6 is 0 Å². The number of rotatable bonds is 1. The van der Waals surface area contributed by atoms with Gasteiger partial charge in [0.2, 0.25) is 0 Å². The van der Waals surface area contributed by atoms with E-state index in [1.165, 1.54) is 0 Å². The van der Waals surface area contributed by atoms with Crippen molar-refractivity contribution in [2.45, 2.75) is 32.2 Å². The van der Waals surface area contributed by atoms with E-state index < -0.39 is 5.92 Å². The van der Waals surface area contributed by atoms with Crippen molar-refractivity contribution in [2.75, 3.05) is 6.54 Å². The molecule has 1 aromatic rings. The van der Waals surface area contributed by atoms with Crippen LogP contribution in [0.1, 0.15) is 36.6 Å². The number of alkyl halides is 2. The third-order valence-corrected chi connectivity index (χ3v) is 2.66. The fraction of sp³-hybridized carbons (Fsp3) is 0.545. The Morgan fingerprint density at radius 2 is 2.20 bits per heavy atom. The summed E-state index contributed by atoms with van der Waals surface area (Å²) in [6.45, 7) is 4.22. The summed E-state index contributed by atoms with van der Waals surface area (Å²) in [4.78, 5) is 3.90. The van der Waals surface area contributed by atoms with Crippen LogP contribution in [0.4, 0.5) is 8.78 Å². The largest absolute Gasteiger partial charge is 0.307 e. The van der Waals surface area contributed by atoms with Crippen molar-refractivity contribution in [3.63, 3.8) is 0 Å². The second-order valence-electron chi connectivity index (χ2n) is 4.24. The Bertz CT molecular complexity index is 375. The molecule has 0 fully saturated rings. The minimum absolute atomic E-state index is 0.0642. The molecule has 1 N–H and O–H groups in total. The van der Waals surface area contributed by atoms with Gasteiger partial charge in [0.1, 0.15) is 5.69 Å². The van der Waals surface area contributed by atoms with Crippen LogP contribution in [-0.2, 0) is 12.5 Å². The summed E-state index contributed by atoms with van der Waals surface area (Å²) in [6.07, 6.45) is 1.56. The Kier molecular flexibility index (Phi) is 2.46. The van der Waals surface area contributed by atoms with Gasteiger partial charge in [-0.05, 0) is 17.0 Å². The highest BCUT2D eigenvalue weighted by Crippen LogP contribution is 2.32. The highest BCUT2D eigenvalue weighted by Gasteiger charge is 2.38. The van der Waals surface area contributed by atoms with Crippen LogP contribution in [0.5, 0.6) is 0 Å². The summed E-state index contributed by atoms with van der Waals surface area (Å²) in [6, 6.07) is 1.83. The number of nitrogens with zero attached hydrogens (tertiary/aromatic N) is 1. The zero-order valence-corrected chi connectivity index (χ0v) is 8.85. The van der Waals surface area contributed by atoms with Crippen molar-refractivity contribution in [3.8, 4) is 0 Å². The monoisotopic (exact) mass is 212 g/mol. The minimum atomic E-state index is -2.83. The number of hydrogen-bond acceptors (Lipinski definition) is 2. The van der Waals surface area contributed by atoms with Crippen molar-refractivity contribution in [1.29, 1.82) is 0 Å². The average Bonchev–Trinajstić information content (AvgIpc) is 2.16. The average molecular weight is 212 g/mol. The van der Waals surface area contributed by atoms with Crippen LogP contribution in [0, 0.1) is 0 Å². The predicted octanol–water partition coefficient (Wildman–Crippen LogP) is 2.40. The molecule has 4 heteroatoms. The van der Waals surface area contributed by atoms with Gasteiger partial charge < -0.3 is 5.32 Å². The van der Waals surface area contributed by atoms with E-state index in [1.807, 2.05) is 19.9 Å². The number of hydrogen-bond donors (Lipinski definition) is 1. The molecule has 1 aliphatic heterocycles. The van der Waals surface area contributed by atoms with Crippen molar-refractivity contribution in [3.05, 3.63) is 29.1 Å². The summed E-state index contributed by atoms with van der Waals surface area (Å²) in [5.74, 6) is -2.51. The minimum Gasteiger partial charge on any atom is -0.307 e. The van der Waals surface area contributed by atoms with Gasteiger partial charge in [0.15, 0.2) is 0 Å². The topological polar surface area (TPSA) is 24.9 Å². The van der Waals surface area contributed by atoms with Gasteiger partial charge in [-0.3, -0.25) is 4.98 Å². The fourth-order valence-electron chi connectivity index (χ4n) is 1.75. The second kappa shape index (κ2) is 3.52. The van der Waals surface area contributed by atoms with Crippen LogP contribution in [0.25, 0.3) is 0 Å². The molecule has 82 valence electrons. The van der Waals surface area contributed by atoms with Crippen LogP contribution in [0.2, 0.25) is 0 Å². The number of pyridine rings is 1. The molecule has 2 heterocycles. The summed E-state index contributed by atoms with van der Waals surface area (Å²) in [5, 5.41) is 2.71. The van der Waals surface area contributed by atoms with Gasteiger partial charge in [-0.1, -0.05) is 19.9 Å². The van der Waals surface area contributed by atoms with Crippen molar-refractivity contribution < 1.29 is 8.78 Å². The van der Waals surface area contributed by atoms with Crippen LogP contribution in [0.15, 0.2) is 12.3 Å². The predicted molar refractivity (Wildman–Crippen MR) is 53.9 cm³/mol. The van der Waals surface area contributed by atoms with Crippen molar-refractivity contribution in [1.82, 2.24) is 10.3 Å². The Hall–Kier alpha value is -1.03. The van der Waals surface area contributed by atoms with Gasteiger partial charge in [0.05, 0.1) is 6.54 Å². The molecular formula is C11H14F2N2. The first-order valence-electron chi connectivity index (χ1n) is 5.08. The first-order valence-corrected chi connectivity index (χ1v) is 5.08. The Morgan fingerprint density at radius 1 is 1.47 bits per heavy atom. The van der Waals surface area contributed by atoms with Gasteiger partial charge >= 0.3 is 5.92 Å². The molecule has 0 aromatic carbocycles. The Balaban J connectivity index is 2.45. The maximum Gasteiger partial charge on any atom is 0.302 e. The van der Waals surface area contributed by atoms with Gasteiger partial charge in [0.25, 0.3) is 0 Å². The third-order valence-electron chi connectivity index (χ3n) is 2.66. The van der Waals surface area contributed by atoms with E-state index in [-0.39, 0.29) is 12.2 Å². The van der Waals surface area contributed by atoms with Gasteiger partial charge in [-0.25, -0.2) is 0 Å². The SMILES string of the molecule is CC(C)c1cnc2c(c1)CNCC2(F)F. The normalized spacial score (nSPS) is 19.0. The molecule has 1 aromatic heterocycles. The van der Waals surface area contributed by atoms with Crippen LogP contribution < -0.4 is 5.32 Å². The van der Waals surface area contributed by atoms with Gasteiger partial charge in [-0.2, -0.15) is 8.78 Å². The maximum atomic E-state index is 13.4. The second-order valence-corrected chi connectivity index (χ2v) is 4.24. The molecule has 0 spiro atoms. The lowest BCUT2D eigenvalue weighted by Crippen LogP contribution is -2.37. The zero-order chi connectivity index (χ0) is 11.1. The molecule has 0 aliphatic carbocycles. The number of aromatic nitrogens is 1. The van der Waals surface area contributed by atoms with Gasteiger partial charge in [0, 0.05) is 12.7 Å². The lowest BCUT2D eigenvalue weighted by molar-refractivity contribution is -0.0155. The lowest BCUT2D eigenvalue weighted by atomic mass is 9.98. The number of fused-ring (bicyclic) bond motifs is 1. The van der Waals surface area contributed by atoms with E-state index in [2.05, 4.69) is 10.3 Å². The van der Waals surface area contributed by atoms with Crippen LogP contribution in [-0.4, -0.2) is 11.5 Å². The summed E-state index contributed by atoms with van der Waals surface area (Å²) < 4.78 is 26.8. The zero-order valence-electron chi connectivity index (χ0n) is 8.85. The molecule has 2 rings (SSSR count). The molecule has 0 radical (unpaired) electrons. The highest BCUT2D eigenvalue weighted by atomic mass is 19.3. The summed E-state index contributed by atoms with van der Waals surface area (Å²) >= 11 is 0. The van der Waals surface area contributed by atoms with Crippen molar-refractivity contribution >= 4 is 0 Å². The quantitative estimate of drug-likeness (QED) is 0.773. The van der Waals surface area contributed by atoms with Crippen LogP contribution in [0.3, 0.4) is 0 Å². The van der Waals surface area contributed by atoms with Crippen molar-refractivity contribution in [2.24, 2.45) is 0 Å². The molecule has 0 saturated heterocycles.